The van der Waals surface area contributed by atoms with Crippen molar-refractivity contribution in [3.63, 3.8) is 0 Å². The minimum Gasteiger partial charge on any atom is -0.348 e. The van der Waals surface area contributed by atoms with Gasteiger partial charge in [-0.15, -0.1) is 0 Å². The van der Waals surface area contributed by atoms with E-state index in [9.17, 15) is 8.42 Å². The lowest BCUT2D eigenvalue weighted by atomic mass is 10.1. The summed E-state index contributed by atoms with van der Waals surface area (Å²) in [5, 5.41) is 5.23. The van der Waals surface area contributed by atoms with E-state index in [0.717, 1.165) is 24.2 Å². The molecule has 0 fully saturated rings. The summed E-state index contributed by atoms with van der Waals surface area (Å²) in [7, 11) is -0.477. The molecule has 1 N–H and O–H groups in total. The number of aromatic nitrogens is 1. The number of benzene rings is 2. The van der Waals surface area contributed by atoms with Crippen molar-refractivity contribution < 1.29 is 8.42 Å². The Morgan fingerprint density at radius 2 is 1.85 bits per heavy atom. The van der Waals surface area contributed by atoms with Gasteiger partial charge in [0, 0.05) is 43.3 Å². The summed E-state index contributed by atoms with van der Waals surface area (Å²) in [5.41, 5.74) is 9.48. The van der Waals surface area contributed by atoms with Crippen LogP contribution >= 0.6 is 11.8 Å². The van der Waals surface area contributed by atoms with Crippen LogP contribution < -0.4 is 5.43 Å². The van der Waals surface area contributed by atoms with Crippen molar-refractivity contribution in [1.29, 1.82) is 0 Å². The van der Waals surface area contributed by atoms with E-state index < -0.39 is 10.0 Å². The quantitative estimate of drug-likeness (QED) is 0.529. The highest BCUT2D eigenvalue weighted by Crippen LogP contribution is 2.24. The Kier molecular flexibility index (Phi) is 7.25. The maximum Gasteiger partial charge on any atom is 0.242 e. The van der Waals surface area contributed by atoms with Gasteiger partial charge in [-0.2, -0.15) is 5.10 Å². The highest BCUT2D eigenvalue weighted by atomic mass is 32.2. The van der Waals surface area contributed by atoms with Crippen molar-refractivity contribution >= 4 is 38.4 Å². The number of hydrazone groups is 1. The van der Waals surface area contributed by atoms with Gasteiger partial charge in [-0.05, 0) is 50.1 Å². The zero-order valence-electron chi connectivity index (χ0n) is 19.8. The van der Waals surface area contributed by atoms with Gasteiger partial charge in [0.15, 0.2) is 5.17 Å². The lowest BCUT2D eigenvalue weighted by molar-refractivity contribution is 0.521. The van der Waals surface area contributed by atoms with Crippen LogP contribution in [-0.4, -0.2) is 48.0 Å². The van der Waals surface area contributed by atoms with Gasteiger partial charge < -0.3 is 4.57 Å². The summed E-state index contributed by atoms with van der Waals surface area (Å²) in [5.74, 6) is 0.685. The third-order valence-electron chi connectivity index (χ3n) is 5.81. The molecule has 34 heavy (non-hydrogen) atoms. The second-order valence-corrected chi connectivity index (χ2v) is 11.4. The molecule has 0 spiro atoms. The molecule has 7 nitrogen and oxygen atoms in total. The Bertz CT molecular complexity index is 1340. The van der Waals surface area contributed by atoms with Crippen molar-refractivity contribution in [2.24, 2.45) is 10.1 Å². The molecule has 178 valence electrons. The zero-order chi connectivity index (χ0) is 24.3. The molecule has 3 aromatic rings. The van der Waals surface area contributed by atoms with E-state index >= 15 is 0 Å². The molecule has 0 unspecified atom stereocenters. The van der Waals surface area contributed by atoms with Crippen molar-refractivity contribution in [3.05, 3.63) is 83.2 Å². The maximum absolute atomic E-state index is 12.4. The fraction of sp³-hybridized carbons (Fsp3) is 0.280. The first-order chi connectivity index (χ1) is 16.3. The Labute approximate surface area is 205 Å². The summed E-state index contributed by atoms with van der Waals surface area (Å²) in [6, 6.07) is 19.3. The number of aliphatic imine (C=N–C) groups is 1. The molecule has 0 amide bonds. The molecular weight excluding hydrogens is 466 g/mol. The van der Waals surface area contributed by atoms with E-state index in [0.29, 0.717) is 16.6 Å². The number of nitrogens with one attached hydrogen (secondary N) is 1. The van der Waals surface area contributed by atoms with Gasteiger partial charge in [0.25, 0.3) is 0 Å². The highest BCUT2D eigenvalue weighted by Gasteiger charge is 2.20. The largest absolute Gasteiger partial charge is 0.348 e. The number of amidine groups is 1. The standard InChI is InChI=1S/C25H29N5O2S2/c1-18-15-23(19(2)30(18)14-13-20-9-6-5-7-10-20)24-17-33-25(28-27-24)26-21-11-8-12-22(16-21)34(31,32)29(3)4/h5-12,15-16H,13-14,17H2,1-4H3,(H,26,28). The Morgan fingerprint density at radius 3 is 2.53 bits per heavy atom. The Morgan fingerprint density at radius 1 is 1.09 bits per heavy atom. The van der Waals surface area contributed by atoms with Crippen LogP contribution in [0.4, 0.5) is 5.69 Å². The summed E-state index contributed by atoms with van der Waals surface area (Å²) >= 11 is 1.55. The smallest absolute Gasteiger partial charge is 0.242 e. The van der Waals surface area contributed by atoms with Gasteiger partial charge in [0.05, 0.1) is 16.3 Å². The van der Waals surface area contributed by atoms with Crippen LogP contribution in [-0.2, 0) is 23.0 Å². The van der Waals surface area contributed by atoms with Gasteiger partial charge >= 0.3 is 0 Å². The van der Waals surface area contributed by atoms with E-state index in [1.54, 1.807) is 36.0 Å². The molecule has 0 saturated carbocycles. The third-order valence-corrected chi connectivity index (χ3v) is 8.50. The second-order valence-electron chi connectivity index (χ2n) is 8.33. The molecule has 2 aromatic carbocycles. The second kappa shape index (κ2) is 10.2. The van der Waals surface area contributed by atoms with Gasteiger partial charge in [-0.25, -0.2) is 17.7 Å². The van der Waals surface area contributed by atoms with Crippen LogP contribution in [0.15, 0.2) is 75.7 Å². The minimum atomic E-state index is -3.51. The van der Waals surface area contributed by atoms with Crippen LogP contribution in [0, 0.1) is 13.8 Å². The summed E-state index contributed by atoms with van der Waals surface area (Å²) in [4.78, 5) is 4.78. The summed E-state index contributed by atoms with van der Waals surface area (Å²) in [6.07, 6.45) is 0.982. The number of hydrogen-bond donors (Lipinski definition) is 1. The average Bonchev–Trinajstić information content (AvgIpc) is 3.12. The number of sulfonamides is 1. The number of rotatable bonds is 7. The number of nitrogens with zero attached hydrogens (tertiary/aromatic N) is 4. The van der Waals surface area contributed by atoms with E-state index in [2.05, 4.69) is 64.3 Å². The van der Waals surface area contributed by atoms with Gasteiger partial charge in [0.2, 0.25) is 10.0 Å². The van der Waals surface area contributed by atoms with Crippen molar-refractivity contribution in [2.45, 2.75) is 31.7 Å². The average molecular weight is 496 g/mol. The normalized spacial score (nSPS) is 15.4. The van der Waals surface area contributed by atoms with E-state index in [4.69, 9.17) is 0 Å². The summed E-state index contributed by atoms with van der Waals surface area (Å²) in [6.45, 7) is 5.20. The molecule has 1 aromatic heterocycles. The molecule has 1 aliphatic heterocycles. The van der Waals surface area contributed by atoms with Crippen molar-refractivity contribution in [2.75, 3.05) is 19.8 Å². The zero-order valence-corrected chi connectivity index (χ0v) is 21.4. The predicted octanol–water partition coefficient (Wildman–Crippen LogP) is 4.33. The molecule has 0 atom stereocenters. The highest BCUT2D eigenvalue weighted by molar-refractivity contribution is 8.14. The fourth-order valence-corrected chi connectivity index (χ4v) is 5.59. The molecule has 0 bridgehead atoms. The number of thioether (sulfide) groups is 1. The molecule has 1 aliphatic rings. The van der Waals surface area contributed by atoms with Gasteiger partial charge in [-0.1, -0.05) is 48.2 Å². The maximum atomic E-state index is 12.4. The fourth-order valence-electron chi connectivity index (χ4n) is 3.88. The Hall–Kier alpha value is -2.88. The molecule has 2 heterocycles. The monoisotopic (exact) mass is 495 g/mol. The molecular formula is C25H29N5O2S2. The first-order valence-corrected chi connectivity index (χ1v) is 13.5. The lowest BCUT2D eigenvalue weighted by Gasteiger charge is -2.16. The predicted molar refractivity (Wildman–Crippen MR) is 141 cm³/mol. The molecule has 0 saturated heterocycles. The number of hydrogen-bond acceptors (Lipinski definition) is 5. The minimum absolute atomic E-state index is 0.215. The first-order valence-electron chi connectivity index (χ1n) is 11.0. The van der Waals surface area contributed by atoms with E-state index in [-0.39, 0.29) is 4.90 Å². The van der Waals surface area contributed by atoms with Crippen molar-refractivity contribution in [3.8, 4) is 0 Å². The molecule has 4 rings (SSSR count). The molecule has 9 heteroatoms. The van der Waals surface area contributed by atoms with Crippen LogP contribution in [0.5, 0.6) is 0 Å². The van der Waals surface area contributed by atoms with Crippen LogP contribution in [0.1, 0.15) is 22.5 Å². The van der Waals surface area contributed by atoms with Gasteiger partial charge in [0.1, 0.15) is 0 Å². The Balaban J connectivity index is 1.49. The first kappa shape index (κ1) is 24.3. The van der Waals surface area contributed by atoms with Crippen LogP contribution in [0.25, 0.3) is 0 Å². The van der Waals surface area contributed by atoms with Crippen molar-refractivity contribution in [1.82, 2.24) is 14.3 Å². The SMILES string of the molecule is Cc1cc(C2=NNC(=Nc3cccc(S(=O)(=O)N(C)C)c3)SC2)c(C)n1CCc1ccccc1. The van der Waals surface area contributed by atoms with Crippen LogP contribution in [0.3, 0.4) is 0 Å². The third kappa shape index (κ3) is 5.27. The van der Waals surface area contributed by atoms with Gasteiger partial charge in [-0.3, -0.25) is 5.43 Å². The molecule has 0 aliphatic carbocycles. The van der Waals surface area contributed by atoms with E-state index in [1.807, 2.05) is 6.07 Å². The summed E-state index contributed by atoms with van der Waals surface area (Å²) < 4.78 is 28.3. The van der Waals surface area contributed by atoms with Crippen LogP contribution in [0.2, 0.25) is 0 Å². The number of aryl methyl sites for hydroxylation is 2. The molecule has 0 radical (unpaired) electrons. The lowest BCUT2D eigenvalue weighted by Crippen LogP contribution is -2.25. The topological polar surface area (TPSA) is 79.1 Å². The van der Waals surface area contributed by atoms with E-state index in [1.165, 1.54) is 35.4 Å².